The average molecular weight is 305 g/mol. The van der Waals surface area contributed by atoms with Crippen LogP contribution in [0.2, 0.25) is 5.02 Å². The quantitative estimate of drug-likeness (QED) is 0.899. The maximum Gasteiger partial charge on any atom is 0.240 e. The monoisotopic (exact) mass is 304 g/mol. The maximum absolute atomic E-state index is 11.8. The molecule has 0 aliphatic rings. The van der Waals surface area contributed by atoms with Crippen molar-refractivity contribution in [2.24, 2.45) is 0 Å². The zero-order valence-electron chi connectivity index (χ0n) is 11.1. The van der Waals surface area contributed by atoms with E-state index in [1.54, 1.807) is 24.3 Å². The fourth-order valence-electron chi connectivity index (χ4n) is 1.51. The first-order chi connectivity index (χ1) is 8.70. The number of nitrogens with zero attached hydrogens (tertiary/aromatic N) is 1. The molecule has 0 bridgehead atoms. The molecule has 0 aliphatic heterocycles. The number of hydrogen-bond acceptors (Lipinski definition) is 3. The van der Waals surface area contributed by atoms with Gasteiger partial charge in [-0.3, -0.25) is 9.10 Å². The lowest BCUT2D eigenvalue weighted by atomic mass is 10.3. The minimum atomic E-state index is -3.53. The number of nitrogens with one attached hydrogen (secondary N) is 1. The van der Waals surface area contributed by atoms with Crippen molar-refractivity contribution in [3.05, 3.63) is 29.3 Å². The lowest BCUT2D eigenvalue weighted by Gasteiger charge is -2.22. The summed E-state index contributed by atoms with van der Waals surface area (Å²) in [7, 11) is -3.53. The van der Waals surface area contributed by atoms with Gasteiger partial charge in [-0.25, -0.2) is 8.42 Å². The molecule has 0 unspecified atom stereocenters. The molecular weight excluding hydrogens is 288 g/mol. The Hall–Kier alpha value is -1.27. The minimum Gasteiger partial charge on any atom is -0.352 e. The van der Waals surface area contributed by atoms with Gasteiger partial charge in [-0.05, 0) is 38.1 Å². The van der Waals surface area contributed by atoms with Crippen molar-refractivity contribution in [1.29, 1.82) is 0 Å². The van der Waals surface area contributed by atoms with E-state index in [9.17, 15) is 13.2 Å². The van der Waals surface area contributed by atoms with E-state index in [0.29, 0.717) is 10.7 Å². The number of amides is 1. The summed E-state index contributed by atoms with van der Waals surface area (Å²) in [6, 6.07) is 6.24. The predicted octanol–water partition coefficient (Wildman–Crippen LogP) is 1.63. The highest BCUT2D eigenvalue weighted by Crippen LogP contribution is 2.20. The van der Waals surface area contributed by atoms with Crippen LogP contribution in [-0.2, 0) is 14.8 Å². The van der Waals surface area contributed by atoms with Gasteiger partial charge >= 0.3 is 0 Å². The van der Waals surface area contributed by atoms with Crippen LogP contribution in [0.15, 0.2) is 24.3 Å². The fourth-order valence-corrected chi connectivity index (χ4v) is 2.49. The molecule has 0 fully saturated rings. The van der Waals surface area contributed by atoms with Crippen molar-refractivity contribution < 1.29 is 13.2 Å². The Balaban J connectivity index is 2.97. The summed E-state index contributed by atoms with van der Waals surface area (Å²) in [6.07, 6.45) is 1.06. The van der Waals surface area contributed by atoms with E-state index in [-0.39, 0.29) is 18.5 Å². The summed E-state index contributed by atoms with van der Waals surface area (Å²) in [5.41, 5.74) is 0.408. The van der Waals surface area contributed by atoms with E-state index in [2.05, 4.69) is 5.32 Å². The second-order valence-corrected chi connectivity index (χ2v) is 6.81. The molecule has 5 nitrogen and oxygen atoms in total. The summed E-state index contributed by atoms with van der Waals surface area (Å²) >= 11 is 5.76. The summed E-state index contributed by atoms with van der Waals surface area (Å²) in [5, 5.41) is 3.16. The molecule has 0 spiro atoms. The molecular formula is C12H17ClN2O3S. The van der Waals surface area contributed by atoms with Gasteiger partial charge in [0.25, 0.3) is 0 Å². The van der Waals surface area contributed by atoms with Gasteiger partial charge in [-0.2, -0.15) is 0 Å². The highest BCUT2D eigenvalue weighted by atomic mass is 35.5. The van der Waals surface area contributed by atoms with Gasteiger partial charge < -0.3 is 5.32 Å². The first-order valence-electron chi connectivity index (χ1n) is 5.73. The van der Waals surface area contributed by atoms with Gasteiger partial charge in [0, 0.05) is 11.1 Å². The molecule has 1 N–H and O–H groups in total. The topological polar surface area (TPSA) is 66.5 Å². The van der Waals surface area contributed by atoms with E-state index >= 15 is 0 Å². The lowest BCUT2D eigenvalue weighted by Crippen LogP contribution is -2.42. The SMILES string of the molecule is CC(C)NC(=O)CN(c1ccc(Cl)cc1)S(C)(=O)=O. The fraction of sp³-hybridized carbons (Fsp3) is 0.417. The molecule has 7 heteroatoms. The predicted molar refractivity (Wildman–Crippen MR) is 76.9 cm³/mol. The molecule has 0 saturated heterocycles. The highest BCUT2D eigenvalue weighted by molar-refractivity contribution is 7.92. The van der Waals surface area contributed by atoms with Gasteiger partial charge in [0.15, 0.2) is 0 Å². The van der Waals surface area contributed by atoms with Crippen LogP contribution in [0.4, 0.5) is 5.69 Å². The number of carbonyl (C=O) groups is 1. The van der Waals surface area contributed by atoms with E-state index in [1.807, 2.05) is 13.8 Å². The van der Waals surface area contributed by atoms with Crippen molar-refractivity contribution in [2.75, 3.05) is 17.1 Å². The molecule has 1 amide bonds. The van der Waals surface area contributed by atoms with E-state index in [4.69, 9.17) is 11.6 Å². The summed E-state index contributed by atoms with van der Waals surface area (Å²) < 4.78 is 24.5. The molecule has 0 heterocycles. The van der Waals surface area contributed by atoms with Crippen LogP contribution in [0.5, 0.6) is 0 Å². The minimum absolute atomic E-state index is 0.0425. The Bertz CT molecular complexity index is 541. The Kier molecular flexibility index (Phi) is 5.20. The van der Waals surface area contributed by atoms with Crippen LogP contribution >= 0.6 is 11.6 Å². The molecule has 1 aromatic rings. The second-order valence-electron chi connectivity index (χ2n) is 4.47. The van der Waals surface area contributed by atoms with Crippen molar-refractivity contribution in [3.8, 4) is 0 Å². The zero-order valence-corrected chi connectivity index (χ0v) is 12.6. The van der Waals surface area contributed by atoms with Crippen molar-refractivity contribution >= 4 is 33.2 Å². The summed E-state index contributed by atoms with van der Waals surface area (Å²) in [5.74, 6) is -0.352. The molecule has 106 valence electrons. The number of benzene rings is 1. The molecule has 1 rings (SSSR count). The zero-order chi connectivity index (χ0) is 14.6. The molecule has 0 aliphatic carbocycles. The van der Waals surface area contributed by atoms with Gasteiger partial charge in [-0.1, -0.05) is 11.6 Å². The van der Waals surface area contributed by atoms with Crippen molar-refractivity contribution in [1.82, 2.24) is 5.32 Å². The molecule has 0 atom stereocenters. The first-order valence-corrected chi connectivity index (χ1v) is 7.95. The molecule has 0 aromatic heterocycles. The number of sulfonamides is 1. The number of hydrogen-bond donors (Lipinski definition) is 1. The van der Waals surface area contributed by atoms with Crippen LogP contribution in [0, 0.1) is 0 Å². The molecule has 19 heavy (non-hydrogen) atoms. The van der Waals surface area contributed by atoms with Gasteiger partial charge in [0.1, 0.15) is 6.54 Å². The number of halogens is 1. The largest absolute Gasteiger partial charge is 0.352 e. The third-order valence-electron chi connectivity index (χ3n) is 2.25. The Labute approximate surface area is 118 Å². The van der Waals surface area contributed by atoms with Crippen LogP contribution < -0.4 is 9.62 Å². The standard InChI is InChI=1S/C12H17ClN2O3S/c1-9(2)14-12(16)8-15(19(3,17)18)11-6-4-10(13)5-7-11/h4-7,9H,8H2,1-3H3,(H,14,16). The van der Waals surface area contributed by atoms with E-state index in [1.165, 1.54) is 0 Å². The smallest absolute Gasteiger partial charge is 0.240 e. The van der Waals surface area contributed by atoms with Gasteiger partial charge in [-0.15, -0.1) is 0 Å². The maximum atomic E-state index is 11.8. The summed E-state index contributed by atoms with van der Waals surface area (Å²) in [4.78, 5) is 11.7. The highest BCUT2D eigenvalue weighted by Gasteiger charge is 2.20. The van der Waals surface area contributed by atoms with Crippen LogP contribution in [0.25, 0.3) is 0 Å². The van der Waals surface area contributed by atoms with Crippen LogP contribution in [-0.4, -0.2) is 33.2 Å². The second kappa shape index (κ2) is 6.25. The number of carbonyl (C=O) groups excluding carboxylic acids is 1. The molecule has 0 radical (unpaired) electrons. The molecule has 0 saturated carbocycles. The summed E-state index contributed by atoms with van der Waals surface area (Å²) in [6.45, 7) is 3.37. The van der Waals surface area contributed by atoms with Crippen molar-refractivity contribution in [3.63, 3.8) is 0 Å². The Morgan fingerprint density at radius 2 is 1.84 bits per heavy atom. The lowest BCUT2D eigenvalue weighted by molar-refractivity contribution is -0.120. The van der Waals surface area contributed by atoms with Crippen LogP contribution in [0.1, 0.15) is 13.8 Å². The third kappa shape index (κ3) is 5.08. The Morgan fingerprint density at radius 3 is 2.26 bits per heavy atom. The number of rotatable bonds is 5. The van der Waals surface area contributed by atoms with Crippen LogP contribution in [0.3, 0.4) is 0 Å². The molecule has 1 aromatic carbocycles. The first kappa shape index (κ1) is 15.8. The number of anilines is 1. The van der Waals surface area contributed by atoms with E-state index < -0.39 is 10.0 Å². The normalized spacial score (nSPS) is 11.4. The van der Waals surface area contributed by atoms with E-state index in [0.717, 1.165) is 10.6 Å². The van der Waals surface area contributed by atoms with Gasteiger partial charge in [0.2, 0.25) is 15.9 Å². The van der Waals surface area contributed by atoms with Gasteiger partial charge in [0.05, 0.1) is 11.9 Å². The third-order valence-corrected chi connectivity index (χ3v) is 3.64. The Morgan fingerprint density at radius 1 is 1.32 bits per heavy atom. The van der Waals surface area contributed by atoms with Crippen molar-refractivity contribution in [2.45, 2.75) is 19.9 Å². The average Bonchev–Trinajstić information content (AvgIpc) is 2.25.